The number of nitrogens with one attached hydrogen (secondary N) is 1. The molecule has 5 fully saturated rings. The summed E-state index contributed by atoms with van der Waals surface area (Å²) in [5.74, 6) is 3.65. The molecule has 4 aliphatic carbocycles. The van der Waals surface area contributed by atoms with Gasteiger partial charge in [0.15, 0.2) is 0 Å². The van der Waals surface area contributed by atoms with Crippen molar-refractivity contribution in [2.45, 2.75) is 58.1 Å². The SMILES string of the molecule is COC(=O)c1ccc(COc2ccc(OC)cc2CN2CCN(C(=O)CNC(=O)CC34CC5CC(CC(C5)C3)C4)CC2)cc1. The minimum Gasteiger partial charge on any atom is -0.497 e. The molecule has 0 atom stereocenters. The minimum atomic E-state index is -0.367. The number of piperazine rings is 1. The van der Waals surface area contributed by atoms with Crippen LogP contribution in [0.1, 0.15) is 66.4 Å². The van der Waals surface area contributed by atoms with Crippen molar-refractivity contribution in [1.29, 1.82) is 0 Å². The van der Waals surface area contributed by atoms with Gasteiger partial charge in [-0.05, 0) is 97.6 Å². The molecule has 4 saturated carbocycles. The zero-order valence-electron chi connectivity index (χ0n) is 26.0. The Balaban J connectivity index is 0.969. The van der Waals surface area contributed by atoms with Crippen LogP contribution in [0.2, 0.25) is 0 Å². The van der Waals surface area contributed by atoms with Crippen molar-refractivity contribution in [3.05, 3.63) is 59.2 Å². The Bertz CT molecular complexity index is 1320. The van der Waals surface area contributed by atoms with Gasteiger partial charge in [0.2, 0.25) is 11.8 Å². The van der Waals surface area contributed by atoms with Crippen molar-refractivity contribution in [1.82, 2.24) is 15.1 Å². The van der Waals surface area contributed by atoms with E-state index in [1.54, 1.807) is 19.2 Å². The Morgan fingerprint density at radius 2 is 1.55 bits per heavy atom. The number of methoxy groups -OCH3 is 2. The largest absolute Gasteiger partial charge is 0.497 e. The number of carbonyl (C=O) groups is 3. The Hall–Kier alpha value is -3.59. The van der Waals surface area contributed by atoms with Crippen LogP contribution in [0, 0.1) is 23.2 Å². The molecule has 7 rings (SSSR count). The summed E-state index contributed by atoms with van der Waals surface area (Å²) in [5, 5.41) is 2.97. The predicted octanol–water partition coefficient (Wildman–Crippen LogP) is 4.43. The molecule has 9 heteroatoms. The third kappa shape index (κ3) is 7.04. The normalized spacial score (nSPS) is 25.9. The molecule has 2 aromatic carbocycles. The van der Waals surface area contributed by atoms with Crippen LogP contribution in [0.3, 0.4) is 0 Å². The fourth-order valence-corrected chi connectivity index (χ4v) is 8.56. The van der Waals surface area contributed by atoms with E-state index in [0.717, 1.165) is 53.5 Å². The third-order valence-electron chi connectivity index (χ3n) is 10.3. The van der Waals surface area contributed by atoms with Crippen LogP contribution in [-0.2, 0) is 27.5 Å². The highest BCUT2D eigenvalue weighted by molar-refractivity contribution is 5.89. The lowest BCUT2D eigenvalue weighted by molar-refractivity contribution is -0.136. The molecular formula is C35H45N3O6. The van der Waals surface area contributed by atoms with E-state index in [4.69, 9.17) is 14.2 Å². The standard InChI is InChI=1S/C35H45N3O6/c1-42-30-7-8-31(44-23-24-3-5-28(6-4-24)34(41)43-2)29(16-30)22-37-9-11-38(12-10-37)33(40)21-36-32(39)20-35-17-25-13-26(18-35)15-27(14-25)19-35/h3-8,16,25-27H,9-15,17-23H2,1-2H3,(H,36,39). The number of benzene rings is 2. The Kier molecular flexibility index (Phi) is 9.12. The van der Waals surface area contributed by atoms with E-state index in [1.165, 1.54) is 45.6 Å². The zero-order valence-corrected chi connectivity index (χ0v) is 26.0. The summed E-state index contributed by atoms with van der Waals surface area (Å²) in [6, 6.07) is 13.0. The number of nitrogens with zero attached hydrogens (tertiary/aromatic N) is 2. The lowest BCUT2D eigenvalue weighted by Crippen LogP contribution is -2.51. The Labute approximate surface area is 260 Å². The number of carbonyl (C=O) groups excluding carboxylic acids is 3. The summed E-state index contributed by atoms with van der Waals surface area (Å²) in [6.07, 6.45) is 8.29. The number of ether oxygens (including phenoxy) is 3. The second-order valence-electron chi connectivity index (χ2n) is 13.5. The summed E-state index contributed by atoms with van der Waals surface area (Å²) in [5.41, 5.74) is 2.63. The maximum Gasteiger partial charge on any atom is 0.337 e. The summed E-state index contributed by atoms with van der Waals surface area (Å²) in [7, 11) is 3.01. The van der Waals surface area contributed by atoms with Gasteiger partial charge in [-0.15, -0.1) is 0 Å². The molecular weight excluding hydrogens is 558 g/mol. The molecule has 1 N–H and O–H groups in total. The first-order chi connectivity index (χ1) is 21.3. The van der Waals surface area contributed by atoms with Gasteiger partial charge in [-0.3, -0.25) is 14.5 Å². The topological polar surface area (TPSA) is 97.4 Å². The van der Waals surface area contributed by atoms with E-state index >= 15 is 0 Å². The van der Waals surface area contributed by atoms with Crippen molar-refractivity contribution < 1.29 is 28.6 Å². The summed E-state index contributed by atoms with van der Waals surface area (Å²) < 4.78 is 16.4. The van der Waals surface area contributed by atoms with Gasteiger partial charge in [0, 0.05) is 44.7 Å². The second kappa shape index (κ2) is 13.2. The minimum absolute atomic E-state index is 0.00728. The predicted molar refractivity (Wildman–Crippen MR) is 165 cm³/mol. The maximum absolute atomic E-state index is 13.0. The molecule has 9 nitrogen and oxygen atoms in total. The average Bonchev–Trinajstić information content (AvgIpc) is 3.02. The molecule has 1 heterocycles. The van der Waals surface area contributed by atoms with E-state index in [2.05, 4.69) is 10.2 Å². The van der Waals surface area contributed by atoms with Crippen molar-refractivity contribution >= 4 is 17.8 Å². The molecule has 2 aromatic rings. The molecule has 1 saturated heterocycles. The molecule has 236 valence electrons. The lowest BCUT2D eigenvalue weighted by Gasteiger charge is -2.56. The molecule has 0 radical (unpaired) electrons. The number of rotatable bonds is 11. The van der Waals surface area contributed by atoms with Crippen molar-refractivity contribution in [2.75, 3.05) is 46.9 Å². The highest BCUT2D eigenvalue weighted by Gasteiger charge is 2.51. The van der Waals surface area contributed by atoms with E-state index in [1.807, 2.05) is 35.2 Å². The average molecular weight is 604 g/mol. The zero-order chi connectivity index (χ0) is 30.7. The highest BCUT2D eigenvalue weighted by Crippen LogP contribution is 2.61. The van der Waals surface area contributed by atoms with Crippen LogP contribution >= 0.6 is 0 Å². The number of esters is 1. The third-order valence-corrected chi connectivity index (χ3v) is 10.3. The first kappa shape index (κ1) is 30.4. The van der Waals surface area contributed by atoms with Gasteiger partial charge >= 0.3 is 5.97 Å². The fourth-order valence-electron chi connectivity index (χ4n) is 8.56. The molecule has 4 bridgehead atoms. The van der Waals surface area contributed by atoms with E-state index in [-0.39, 0.29) is 29.7 Å². The summed E-state index contributed by atoms with van der Waals surface area (Å²) in [4.78, 5) is 41.8. The van der Waals surface area contributed by atoms with Gasteiger partial charge in [0.25, 0.3) is 0 Å². The molecule has 44 heavy (non-hydrogen) atoms. The first-order valence-corrected chi connectivity index (χ1v) is 16.1. The van der Waals surface area contributed by atoms with Gasteiger partial charge in [-0.1, -0.05) is 12.1 Å². The van der Waals surface area contributed by atoms with Crippen molar-refractivity contribution in [2.24, 2.45) is 23.2 Å². The number of amides is 2. The maximum atomic E-state index is 13.0. The molecule has 2 amide bonds. The molecule has 5 aliphatic rings. The number of hydrogen-bond acceptors (Lipinski definition) is 7. The smallest absolute Gasteiger partial charge is 0.337 e. The van der Waals surface area contributed by atoms with Gasteiger partial charge in [0.1, 0.15) is 18.1 Å². The monoisotopic (exact) mass is 603 g/mol. The first-order valence-electron chi connectivity index (χ1n) is 16.1. The van der Waals surface area contributed by atoms with Crippen LogP contribution in [-0.4, -0.2) is 74.5 Å². The Morgan fingerprint density at radius 1 is 0.886 bits per heavy atom. The van der Waals surface area contributed by atoms with E-state index < -0.39 is 0 Å². The van der Waals surface area contributed by atoms with E-state index in [9.17, 15) is 14.4 Å². The van der Waals surface area contributed by atoms with Crippen LogP contribution in [0.4, 0.5) is 0 Å². The molecule has 0 unspecified atom stereocenters. The molecule has 0 aromatic heterocycles. The number of hydrogen-bond donors (Lipinski definition) is 1. The highest BCUT2D eigenvalue weighted by atomic mass is 16.5. The van der Waals surface area contributed by atoms with Crippen molar-refractivity contribution in [3.8, 4) is 11.5 Å². The Morgan fingerprint density at radius 3 is 2.16 bits per heavy atom. The van der Waals surface area contributed by atoms with Gasteiger partial charge in [-0.25, -0.2) is 4.79 Å². The van der Waals surface area contributed by atoms with Crippen molar-refractivity contribution in [3.63, 3.8) is 0 Å². The lowest BCUT2D eigenvalue weighted by atomic mass is 9.49. The van der Waals surface area contributed by atoms with Gasteiger partial charge < -0.3 is 24.4 Å². The van der Waals surface area contributed by atoms with Crippen LogP contribution in [0.5, 0.6) is 11.5 Å². The van der Waals surface area contributed by atoms with Crippen LogP contribution in [0.25, 0.3) is 0 Å². The molecule has 1 aliphatic heterocycles. The van der Waals surface area contributed by atoms with Crippen LogP contribution < -0.4 is 14.8 Å². The van der Waals surface area contributed by atoms with Crippen LogP contribution in [0.15, 0.2) is 42.5 Å². The fraction of sp³-hybridized carbons (Fsp3) is 0.571. The summed E-state index contributed by atoms with van der Waals surface area (Å²) in [6.45, 7) is 3.82. The molecule has 0 spiro atoms. The van der Waals surface area contributed by atoms with E-state index in [0.29, 0.717) is 38.2 Å². The van der Waals surface area contributed by atoms with Gasteiger partial charge in [0.05, 0.1) is 26.3 Å². The quantitative estimate of drug-likeness (QED) is 0.380. The summed E-state index contributed by atoms with van der Waals surface area (Å²) >= 11 is 0. The second-order valence-corrected chi connectivity index (χ2v) is 13.5. The van der Waals surface area contributed by atoms with Gasteiger partial charge in [-0.2, -0.15) is 0 Å².